The third-order valence-corrected chi connectivity index (χ3v) is 5.06. The van der Waals surface area contributed by atoms with Crippen LogP contribution < -0.4 is 25.6 Å². The van der Waals surface area contributed by atoms with Crippen LogP contribution in [0.25, 0.3) is 11.3 Å². The first kappa shape index (κ1) is 20.3. The highest BCUT2D eigenvalue weighted by atomic mass is 16.5. The molecule has 1 fully saturated rings. The molecule has 0 unspecified atom stereocenters. The summed E-state index contributed by atoms with van der Waals surface area (Å²) in [5, 5.41) is 9.58. The number of benzene rings is 1. The summed E-state index contributed by atoms with van der Waals surface area (Å²) in [6, 6.07) is 9.49. The van der Waals surface area contributed by atoms with E-state index in [0.29, 0.717) is 62.5 Å². The third kappa shape index (κ3) is 4.02. The number of anilines is 3. The zero-order valence-corrected chi connectivity index (χ0v) is 17.0. The Bertz CT molecular complexity index is 874. The molecule has 0 atom stereocenters. The zero-order valence-electron chi connectivity index (χ0n) is 17.0. The maximum Gasteiger partial charge on any atom is 0.337 e. The van der Waals surface area contributed by atoms with Crippen LogP contribution in [-0.2, 0) is 4.74 Å². The van der Waals surface area contributed by atoms with Crippen LogP contribution in [0.1, 0.15) is 6.92 Å². The topological polar surface area (TPSA) is 106 Å². The molecule has 10 heteroatoms. The van der Waals surface area contributed by atoms with E-state index in [0.717, 1.165) is 5.56 Å². The molecule has 1 aromatic carbocycles. The number of hydrogen-bond acceptors (Lipinski definition) is 8. The van der Waals surface area contributed by atoms with Crippen molar-refractivity contribution in [1.82, 2.24) is 20.8 Å². The molecule has 4 rings (SSSR count). The summed E-state index contributed by atoms with van der Waals surface area (Å²) < 4.78 is 5.47. The van der Waals surface area contributed by atoms with Gasteiger partial charge >= 0.3 is 6.03 Å². The molecule has 160 valence electrons. The average Bonchev–Trinajstić information content (AvgIpc) is 3.17. The van der Waals surface area contributed by atoms with Gasteiger partial charge in [0, 0.05) is 31.7 Å². The number of carbonyl (C=O) groups excluding carboxylic acids is 1. The number of hydrazine groups is 1. The van der Waals surface area contributed by atoms with Crippen molar-refractivity contribution < 1.29 is 14.6 Å². The number of fused-ring (bicyclic) bond motifs is 1. The minimum absolute atomic E-state index is 0.0420. The number of aromatic nitrogens is 2. The third-order valence-electron chi connectivity index (χ3n) is 5.06. The minimum Gasteiger partial charge on any atom is -0.395 e. The molecular weight excluding hydrogens is 386 g/mol. The van der Waals surface area contributed by atoms with Gasteiger partial charge in [-0.15, -0.1) is 0 Å². The molecule has 1 saturated heterocycles. The maximum atomic E-state index is 12.9. The predicted octanol–water partition coefficient (Wildman–Crippen LogP) is 0.791. The lowest BCUT2D eigenvalue weighted by atomic mass is 10.1. The fraction of sp³-hybridized carbons (Fsp3) is 0.450. The van der Waals surface area contributed by atoms with Gasteiger partial charge in [0.1, 0.15) is 18.1 Å². The fourth-order valence-corrected chi connectivity index (χ4v) is 3.61. The van der Waals surface area contributed by atoms with E-state index in [1.807, 2.05) is 42.2 Å². The smallest absolute Gasteiger partial charge is 0.337 e. The minimum atomic E-state index is -0.293. The maximum absolute atomic E-state index is 12.9. The largest absolute Gasteiger partial charge is 0.395 e. The molecule has 2 aliphatic rings. The first-order chi connectivity index (χ1) is 14.7. The number of aliphatic hydroxyl groups excluding tert-OH is 1. The monoisotopic (exact) mass is 413 g/mol. The first-order valence-corrected chi connectivity index (χ1v) is 10.2. The molecule has 0 bridgehead atoms. The summed E-state index contributed by atoms with van der Waals surface area (Å²) in [4.78, 5) is 28.2. The molecule has 0 aliphatic carbocycles. The summed E-state index contributed by atoms with van der Waals surface area (Å²) in [5.41, 5.74) is 7.78. The normalized spacial score (nSPS) is 16.0. The van der Waals surface area contributed by atoms with E-state index in [9.17, 15) is 9.90 Å². The standard InChI is InChI=1S/C20H27N7O3/c1-2-21-24-20(29)27-14-26(8-11-28)18-17(27)16(15-6-4-3-5-7-15)22-19(23-18)25-9-12-30-13-10-25/h3-7,21,28H,2,8-14H2,1H3,(H,24,29). The number of nitrogens with zero attached hydrogens (tertiary/aromatic N) is 5. The molecule has 3 heterocycles. The number of rotatable bonds is 6. The molecule has 10 nitrogen and oxygen atoms in total. The van der Waals surface area contributed by atoms with Crippen LogP contribution in [0.5, 0.6) is 0 Å². The van der Waals surface area contributed by atoms with Crippen molar-refractivity contribution in [3.05, 3.63) is 30.3 Å². The average molecular weight is 413 g/mol. The van der Waals surface area contributed by atoms with Gasteiger partial charge in [-0.25, -0.2) is 15.2 Å². The quantitative estimate of drug-likeness (QED) is 0.597. The lowest BCUT2D eigenvalue weighted by molar-refractivity contribution is 0.122. The van der Waals surface area contributed by atoms with Crippen molar-refractivity contribution >= 4 is 23.5 Å². The second-order valence-corrected chi connectivity index (χ2v) is 7.03. The van der Waals surface area contributed by atoms with Gasteiger partial charge in [0.05, 0.1) is 19.8 Å². The highest BCUT2D eigenvalue weighted by Gasteiger charge is 2.36. The Morgan fingerprint density at radius 1 is 1.20 bits per heavy atom. The summed E-state index contributed by atoms with van der Waals surface area (Å²) in [7, 11) is 0. The van der Waals surface area contributed by atoms with E-state index in [2.05, 4.69) is 15.8 Å². The summed E-state index contributed by atoms with van der Waals surface area (Å²) in [6.45, 7) is 5.78. The molecular formula is C20H27N7O3. The Balaban J connectivity index is 1.83. The van der Waals surface area contributed by atoms with E-state index in [-0.39, 0.29) is 19.3 Å². The Kier molecular flexibility index (Phi) is 6.26. The highest BCUT2D eigenvalue weighted by molar-refractivity contribution is 6.02. The lowest BCUT2D eigenvalue weighted by Crippen LogP contribution is -2.48. The number of morpholine rings is 1. The van der Waals surface area contributed by atoms with Crippen molar-refractivity contribution in [2.75, 3.05) is 67.4 Å². The van der Waals surface area contributed by atoms with E-state index >= 15 is 0 Å². The molecule has 2 aliphatic heterocycles. The number of nitrogens with one attached hydrogen (secondary N) is 2. The van der Waals surface area contributed by atoms with Gasteiger partial charge in [-0.1, -0.05) is 37.3 Å². The van der Waals surface area contributed by atoms with Crippen molar-refractivity contribution in [2.45, 2.75) is 6.92 Å². The molecule has 0 saturated carbocycles. The molecule has 3 N–H and O–H groups in total. The first-order valence-electron chi connectivity index (χ1n) is 10.2. The van der Waals surface area contributed by atoms with E-state index in [1.54, 1.807) is 4.90 Å². The van der Waals surface area contributed by atoms with Crippen LogP contribution in [0.2, 0.25) is 0 Å². The van der Waals surface area contributed by atoms with Gasteiger partial charge in [0.15, 0.2) is 5.82 Å². The van der Waals surface area contributed by atoms with Gasteiger partial charge in [-0.2, -0.15) is 4.98 Å². The number of carbonyl (C=O) groups is 1. The Labute approximate surface area is 175 Å². The summed E-state index contributed by atoms with van der Waals surface area (Å²) >= 11 is 0. The van der Waals surface area contributed by atoms with E-state index < -0.39 is 0 Å². The number of hydrogen-bond donors (Lipinski definition) is 3. The molecule has 0 spiro atoms. The van der Waals surface area contributed by atoms with Crippen molar-refractivity contribution in [1.29, 1.82) is 0 Å². The van der Waals surface area contributed by atoms with Crippen LogP contribution >= 0.6 is 0 Å². The Morgan fingerprint density at radius 2 is 1.97 bits per heavy atom. The number of amides is 2. The summed E-state index contributed by atoms with van der Waals surface area (Å²) in [5.74, 6) is 1.25. The molecule has 2 aromatic rings. The van der Waals surface area contributed by atoms with Crippen LogP contribution in [-0.4, -0.2) is 73.8 Å². The van der Waals surface area contributed by atoms with E-state index in [1.165, 1.54) is 0 Å². The van der Waals surface area contributed by atoms with E-state index in [4.69, 9.17) is 14.7 Å². The highest BCUT2D eigenvalue weighted by Crippen LogP contribution is 2.42. The zero-order chi connectivity index (χ0) is 20.9. The van der Waals surface area contributed by atoms with Crippen LogP contribution in [0, 0.1) is 0 Å². The number of aliphatic hydroxyl groups is 1. The fourth-order valence-electron chi connectivity index (χ4n) is 3.61. The van der Waals surface area contributed by atoms with Gasteiger partial charge in [0.2, 0.25) is 5.95 Å². The molecule has 0 radical (unpaired) electrons. The van der Waals surface area contributed by atoms with Crippen molar-refractivity contribution in [3.8, 4) is 11.3 Å². The SMILES string of the molecule is CCNNC(=O)N1CN(CCO)c2nc(N3CCOCC3)nc(-c3ccccc3)c21. The molecule has 2 amide bonds. The van der Waals surface area contributed by atoms with Crippen LogP contribution in [0.15, 0.2) is 30.3 Å². The van der Waals surface area contributed by atoms with Gasteiger partial charge in [-0.3, -0.25) is 10.3 Å². The summed E-state index contributed by atoms with van der Waals surface area (Å²) in [6.07, 6.45) is 0. The lowest BCUT2D eigenvalue weighted by Gasteiger charge is -2.28. The van der Waals surface area contributed by atoms with Gasteiger partial charge in [0.25, 0.3) is 0 Å². The second kappa shape index (κ2) is 9.24. The van der Waals surface area contributed by atoms with Crippen molar-refractivity contribution in [2.24, 2.45) is 0 Å². The number of β-amino-alcohol motifs (C(OH)–C–C–N with tert-alkyl or cyclic N) is 1. The Morgan fingerprint density at radius 3 is 2.67 bits per heavy atom. The van der Waals surface area contributed by atoms with Crippen LogP contribution in [0.3, 0.4) is 0 Å². The predicted molar refractivity (Wildman–Crippen MR) is 114 cm³/mol. The van der Waals surface area contributed by atoms with Gasteiger partial charge < -0.3 is 19.6 Å². The second-order valence-electron chi connectivity index (χ2n) is 7.03. The van der Waals surface area contributed by atoms with Gasteiger partial charge in [-0.05, 0) is 0 Å². The van der Waals surface area contributed by atoms with Crippen LogP contribution in [0.4, 0.5) is 22.2 Å². The number of urea groups is 1. The molecule has 1 aromatic heterocycles. The van der Waals surface area contributed by atoms with Crippen molar-refractivity contribution in [3.63, 3.8) is 0 Å². The number of ether oxygens (including phenoxy) is 1. The molecule has 30 heavy (non-hydrogen) atoms. The Hall–Kier alpha value is -2.95.